The van der Waals surface area contributed by atoms with Crippen molar-refractivity contribution in [3.05, 3.63) is 54.4 Å². The summed E-state index contributed by atoms with van der Waals surface area (Å²) in [5.74, 6) is 0. The normalized spacial score (nSPS) is 10.3. The second-order valence-corrected chi connectivity index (χ2v) is 3.64. The van der Waals surface area contributed by atoms with Crippen LogP contribution in [0.1, 0.15) is 12.5 Å². The zero-order valence-electron chi connectivity index (χ0n) is 9.23. The Morgan fingerprint density at radius 3 is 2.50 bits per heavy atom. The van der Waals surface area contributed by atoms with E-state index in [1.165, 1.54) is 16.3 Å². The zero-order chi connectivity index (χ0) is 10.3. The van der Waals surface area contributed by atoms with Crippen LogP contribution >= 0.6 is 0 Å². The van der Waals surface area contributed by atoms with E-state index in [0.29, 0.717) is 0 Å². The minimum Gasteiger partial charge on any atom is -0.458 e. The van der Waals surface area contributed by atoms with E-state index in [2.05, 4.69) is 24.6 Å². The van der Waals surface area contributed by atoms with Crippen LogP contribution in [0, 0.1) is 6.42 Å². The SMILES string of the molecule is C[CH-]c1ccc2oc3ccccc3c2c1.[Zn]. The van der Waals surface area contributed by atoms with Gasteiger partial charge in [-0.05, 0) is 11.5 Å². The molecule has 0 amide bonds. The third-order valence-electron chi connectivity index (χ3n) is 2.73. The summed E-state index contributed by atoms with van der Waals surface area (Å²) >= 11 is 0. The van der Waals surface area contributed by atoms with Crippen LogP contribution < -0.4 is 0 Å². The Hall–Kier alpha value is -1.27. The number of rotatable bonds is 1. The molecular weight excluding hydrogens is 250 g/mol. The maximum absolute atomic E-state index is 5.74. The van der Waals surface area contributed by atoms with Crippen molar-refractivity contribution >= 4 is 21.9 Å². The van der Waals surface area contributed by atoms with Gasteiger partial charge in [-0.1, -0.05) is 31.2 Å². The van der Waals surface area contributed by atoms with Gasteiger partial charge in [0.05, 0.1) is 0 Å². The van der Waals surface area contributed by atoms with Gasteiger partial charge in [-0.2, -0.15) is 24.1 Å². The molecule has 16 heavy (non-hydrogen) atoms. The molecule has 2 aromatic carbocycles. The fraction of sp³-hybridized carbons (Fsp3) is 0.0714. The molecule has 0 radical (unpaired) electrons. The van der Waals surface area contributed by atoms with Crippen LogP contribution in [0.4, 0.5) is 0 Å². The standard InChI is InChI=1S/C14H11O.Zn/c1-2-10-7-8-14-12(9-10)11-5-3-4-6-13(11)15-14;/h2-9H,1H3;/q-1;. The first-order valence-electron chi connectivity index (χ1n) is 5.09. The summed E-state index contributed by atoms with van der Waals surface area (Å²) < 4.78 is 5.74. The molecule has 1 nitrogen and oxygen atoms in total. The molecule has 1 aromatic heterocycles. The molecule has 0 saturated carbocycles. The maximum Gasteiger partial charge on any atom is 0.134 e. The van der Waals surface area contributed by atoms with Gasteiger partial charge < -0.3 is 4.42 Å². The molecule has 76 valence electrons. The first-order valence-corrected chi connectivity index (χ1v) is 5.09. The summed E-state index contributed by atoms with van der Waals surface area (Å²) in [6.45, 7) is 2.05. The molecule has 0 atom stereocenters. The first-order chi connectivity index (χ1) is 7.38. The molecule has 3 aromatic rings. The average molecular weight is 261 g/mol. The quantitative estimate of drug-likeness (QED) is 0.473. The van der Waals surface area contributed by atoms with Crippen molar-refractivity contribution in [1.82, 2.24) is 0 Å². The molecule has 0 aliphatic carbocycles. The van der Waals surface area contributed by atoms with E-state index in [-0.39, 0.29) is 19.5 Å². The molecule has 0 aliphatic heterocycles. The summed E-state index contributed by atoms with van der Waals surface area (Å²) in [5, 5.41) is 2.39. The molecule has 1 heterocycles. The van der Waals surface area contributed by atoms with E-state index in [4.69, 9.17) is 4.42 Å². The summed E-state index contributed by atoms with van der Waals surface area (Å²) in [6, 6.07) is 14.4. The van der Waals surface area contributed by atoms with Crippen LogP contribution in [0.25, 0.3) is 21.9 Å². The van der Waals surface area contributed by atoms with Crippen LogP contribution in [0.2, 0.25) is 0 Å². The van der Waals surface area contributed by atoms with Crippen molar-refractivity contribution < 1.29 is 23.9 Å². The van der Waals surface area contributed by atoms with Crippen molar-refractivity contribution in [3.8, 4) is 0 Å². The van der Waals surface area contributed by atoms with E-state index in [0.717, 1.165) is 11.2 Å². The third-order valence-corrected chi connectivity index (χ3v) is 2.73. The topological polar surface area (TPSA) is 13.1 Å². The van der Waals surface area contributed by atoms with Crippen molar-refractivity contribution in [2.24, 2.45) is 0 Å². The second-order valence-electron chi connectivity index (χ2n) is 3.64. The van der Waals surface area contributed by atoms with Crippen LogP contribution in [0.3, 0.4) is 0 Å². The fourth-order valence-electron chi connectivity index (χ4n) is 1.92. The average Bonchev–Trinajstić information content (AvgIpc) is 2.66. The van der Waals surface area contributed by atoms with Gasteiger partial charge in [0.25, 0.3) is 0 Å². The predicted octanol–water partition coefficient (Wildman–Crippen LogP) is 4.16. The molecule has 2 heteroatoms. The number of para-hydroxylation sites is 1. The summed E-state index contributed by atoms with van der Waals surface area (Å²) in [5.41, 5.74) is 3.15. The van der Waals surface area contributed by atoms with Crippen molar-refractivity contribution in [2.75, 3.05) is 0 Å². The summed E-state index contributed by atoms with van der Waals surface area (Å²) in [4.78, 5) is 0. The number of hydrogen-bond acceptors (Lipinski definition) is 1. The molecular formula is C14H11OZn-. The monoisotopic (exact) mass is 259 g/mol. The van der Waals surface area contributed by atoms with Crippen molar-refractivity contribution in [3.63, 3.8) is 0 Å². The van der Waals surface area contributed by atoms with Crippen LogP contribution in [-0.4, -0.2) is 0 Å². The zero-order valence-corrected chi connectivity index (χ0v) is 12.2. The van der Waals surface area contributed by atoms with Gasteiger partial charge in [0.2, 0.25) is 0 Å². The second kappa shape index (κ2) is 4.31. The first kappa shape index (κ1) is 11.2. The minimum absolute atomic E-state index is 0. The van der Waals surface area contributed by atoms with E-state index < -0.39 is 0 Å². The third kappa shape index (κ3) is 1.64. The Balaban J connectivity index is 0.000000963. The molecule has 0 fully saturated rings. The van der Waals surface area contributed by atoms with Gasteiger partial charge in [0, 0.05) is 24.9 Å². The molecule has 0 spiro atoms. The Kier molecular flexibility index (Phi) is 3.02. The van der Waals surface area contributed by atoms with Crippen molar-refractivity contribution in [1.29, 1.82) is 0 Å². The van der Waals surface area contributed by atoms with Gasteiger partial charge in [-0.15, -0.1) is 0 Å². The Morgan fingerprint density at radius 1 is 0.938 bits per heavy atom. The van der Waals surface area contributed by atoms with Crippen LogP contribution in [-0.2, 0) is 19.5 Å². The number of benzene rings is 2. The molecule has 0 unspecified atom stereocenters. The minimum atomic E-state index is 0. The summed E-state index contributed by atoms with van der Waals surface area (Å²) in [6.07, 6.45) is 2.10. The molecule has 0 aliphatic rings. The molecule has 3 rings (SSSR count). The molecule has 0 saturated heterocycles. The van der Waals surface area contributed by atoms with E-state index in [1.807, 2.05) is 31.2 Å². The predicted molar refractivity (Wildman–Crippen MR) is 62.8 cm³/mol. The van der Waals surface area contributed by atoms with Gasteiger partial charge >= 0.3 is 0 Å². The van der Waals surface area contributed by atoms with Crippen LogP contribution in [0.15, 0.2) is 46.9 Å². The Bertz CT molecular complexity index is 625. The number of furan rings is 1. The van der Waals surface area contributed by atoms with E-state index >= 15 is 0 Å². The smallest absolute Gasteiger partial charge is 0.134 e. The van der Waals surface area contributed by atoms with E-state index in [9.17, 15) is 0 Å². The van der Waals surface area contributed by atoms with Crippen LogP contribution in [0.5, 0.6) is 0 Å². The molecule has 0 N–H and O–H groups in total. The number of hydrogen-bond donors (Lipinski definition) is 0. The Morgan fingerprint density at radius 2 is 1.69 bits per heavy atom. The number of fused-ring (bicyclic) bond motifs is 3. The Labute approximate surface area is 107 Å². The molecule has 0 bridgehead atoms. The van der Waals surface area contributed by atoms with Crippen molar-refractivity contribution in [2.45, 2.75) is 6.92 Å². The summed E-state index contributed by atoms with van der Waals surface area (Å²) in [7, 11) is 0. The van der Waals surface area contributed by atoms with Gasteiger partial charge in [0.1, 0.15) is 11.2 Å². The van der Waals surface area contributed by atoms with E-state index in [1.54, 1.807) is 0 Å². The van der Waals surface area contributed by atoms with Gasteiger partial charge in [-0.25, -0.2) is 0 Å². The van der Waals surface area contributed by atoms with Gasteiger partial charge in [-0.3, -0.25) is 0 Å². The fourth-order valence-corrected chi connectivity index (χ4v) is 1.92. The maximum atomic E-state index is 5.74. The largest absolute Gasteiger partial charge is 0.458 e. The van der Waals surface area contributed by atoms with Gasteiger partial charge in [0.15, 0.2) is 0 Å².